The van der Waals surface area contributed by atoms with Crippen LogP contribution in [0.15, 0.2) is 4.47 Å². The molecule has 1 N–H and O–H groups in total. The van der Waals surface area contributed by atoms with Gasteiger partial charge in [-0.05, 0) is 55.1 Å². The van der Waals surface area contributed by atoms with Crippen LogP contribution in [-0.4, -0.2) is 29.0 Å². The first-order chi connectivity index (χ1) is 8.68. The van der Waals surface area contributed by atoms with Gasteiger partial charge in [0.25, 0.3) is 0 Å². The Hall–Kier alpha value is -0.390. The lowest BCUT2D eigenvalue weighted by atomic mass is 10.1. The average Bonchev–Trinajstić information content (AvgIpc) is 2.61. The number of halogens is 1. The Morgan fingerprint density at radius 3 is 2.94 bits per heavy atom. The normalized spacial score (nSPS) is 20.3. The van der Waals surface area contributed by atoms with Crippen molar-refractivity contribution >= 4 is 15.9 Å². The Kier molecular flexibility index (Phi) is 5.21. The van der Waals surface area contributed by atoms with Crippen molar-refractivity contribution < 1.29 is 4.74 Å². The van der Waals surface area contributed by atoms with Crippen molar-refractivity contribution in [3.05, 3.63) is 15.9 Å². The van der Waals surface area contributed by atoms with Gasteiger partial charge >= 0.3 is 0 Å². The molecule has 102 valence electrons. The summed E-state index contributed by atoms with van der Waals surface area (Å²) in [6, 6.07) is 0. The molecule has 1 aliphatic rings. The van der Waals surface area contributed by atoms with E-state index in [9.17, 15) is 0 Å². The maximum absolute atomic E-state index is 5.71. The fraction of sp³-hybridized carbons (Fsp3) is 0.769. The number of rotatable bonds is 5. The lowest BCUT2D eigenvalue weighted by molar-refractivity contribution is 0.0115. The summed E-state index contributed by atoms with van der Waals surface area (Å²) in [7, 11) is 1.99. The summed E-state index contributed by atoms with van der Waals surface area (Å²) in [6.07, 6.45) is 5.33. The third-order valence-electron chi connectivity index (χ3n) is 3.47. The second-order valence-corrected chi connectivity index (χ2v) is 5.72. The quantitative estimate of drug-likeness (QED) is 0.849. The van der Waals surface area contributed by atoms with Crippen LogP contribution >= 0.6 is 15.9 Å². The Morgan fingerprint density at radius 1 is 1.50 bits per heavy atom. The van der Waals surface area contributed by atoms with E-state index in [2.05, 4.69) is 26.3 Å². The van der Waals surface area contributed by atoms with E-state index in [0.29, 0.717) is 6.10 Å². The molecule has 1 unspecified atom stereocenters. The van der Waals surface area contributed by atoms with Crippen molar-refractivity contribution in [2.24, 2.45) is 7.05 Å². The van der Waals surface area contributed by atoms with Gasteiger partial charge in [-0.1, -0.05) is 0 Å². The van der Waals surface area contributed by atoms with E-state index >= 15 is 0 Å². The van der Waals surface area contributed by atoms with Crippen LogP contribution in [0, 0.1) is 6.92 Å². The zero-order valence-corrected chi connectivity index (χ0v) is 12.8. The molecule has 0 aliphatic carbocycles. The minimum atomic E-state index is 0.461. The molecule has 1 aromatic rings. The van der Waals surface area contributed by atoms with Gasteiger partial charge in [0, 0.05) is 20.2 Å². The van der Waals surface area contributed by atoms with Crippen LogP contribution in [0.1, 0.15) is 37.1 Å². The molecule has 2 heterocycles. The van der Waals surface area contributed by atoms with Crippen molar-refractivity contribution in [1.82, 2.24) is 15.1 Å². The number of nitrogens with one attached hydrogen (secondary N) is 1. The number of nitrogens with zero attached hydrogens (tertiary/aromatic N) is 2. The van der Waals surface area contributed by atoms with Crippen molar-refractivity contribution in [3.63, 3.8) is 0 Å². The fourth-order valence-corrected chi connectivity index (χ4v) is 2.85. The number of hydrogen-bond acceptors (Lipinski definition) is 3. The number of aromatic nitrogens is 2. The molecular formula is C13H22BrN3O. The van der Waals surface area contributed by atoms with Crippen LogP contribution in [-0.2, 0) is 18.3 Å². The Bertz CT molecular complexity index is 386. The molecule has 1 fully saturated rings. The molecule has 5 heteroatoms. The highest BCUT2D eigenvalue weighted by molar-refractivity contribution is 9.10. The van der Waals surface area contributed by atoms with E-state index in [4.69, 9.17) is 4.74 Å². The number of hydrogen-bond donors (Lipinski definition) is 1. The van der Waals surface area contributed by atoms with E-state index in [0.717, 1.165) is 36.3 Å². The highest BCUT2D eigenvalue weighted by Crippen LogP contribution is 2.20. The molecule has 0 amide bonds. The lowest BCUT2D eigenvalue weighted by Gasteiger charge is -2.22. The zero-order chi connectivity index (χ0) is 13.0. The summed E-state index contributed by atoms with van der Waals surface area (Å²) in [5.74, 6) is 0. The molecule has 0 bridgehead atoms. The van der Waals surface area contributed by atoms with Crippen LogP contribution in [0.4, 0.5) is 0 Å². The van der Waals surface area contributed by atoms with Gasteiger partial charge < -0.3 is 10.1 Å². The maximum Gasteiger partial charge on any atom is 0.0739 e. The molecule has 18 heavy (non-hydrogen) atoms. The topological polar surface area (TPSA) is 39.1 Å². The van der Waals surface area contributed by atoms with Gasteiger partial charge in [-0.2, -0.15) is 5.10 Å². The highest BCUT2D eigenvalue weighted by Gasteiger charge is 2.14. The van der Waals surface area contributed by atoms with Crippen molar-refractivity contribution in [1.29, 1.82) is 0 Å². The molecule has 1 saturated heterocycles. The zero-order valence-electron chi connectivity index (χ0n) is 11.2. The van der Waals surface area contributed by atoms with Gasteiger partial charge in [0.15, 0.2) is 0 Å². The van der Waals surface area contributed by atoms with Gasteiger partial charge in [0.2, 0.25) is 0 Å². The first-order valence-electron chi connectivity index (χ1n) is 6.68. The minimum absolute atomic E-state index is 0.461. The number of aryl methyl sites for hydroxylation is 2. The molecule has 0 radical (unpaired) electrons. The molecule has 1 aliphatic heterocycles. The summed E-state index contributed by atoms with van der Waals surface area (Å²) >= 11 is 3.58. The van der Waals surface area contributed by atoms with E-state index < -0.39 is 0 Å². The largest absolute Gasteiger partial charge is 0.378 e. The Morgan fingerprint density at radius 2 is 2.33 bits per heavy atom. The first kappa shape index (κ1) is 14.0. The van der Waals surface area contributed by atoms with Crippen LogP contribution in [0.2, 0.25) is 0 Å². The van der Waals surface area contributed by atoms with Crippen molar-refractivity contribution in [2.45, 2.75) is 45.3 Å². The molecule has 4 nitrogen and oxygen atoms in total. The molecule has 0 saturated carbocycles. The second kappa shape index (κ2) is 6.68. The number of ether oxygens (including phenoxy) is 1. The van der Waals surface area contributed by atoms with Gasteiger partial charge in [-0.3, -0.25) is 4.68 Å². The van der Waals surface area contributed by atoms with Crippen LogP contribution < -0.4 is 5.32 Å². The van der Waals surface area contributed by atoms with Crippen LogP contribution in [0.3, 0.4) is 0 Å². The molecule has 2 rings (SSSR count). The highest BCUT2D eigenvalue weighted by atomic mass is 79.9. The smallest absolute Gasteiger partial charge is 0.0739 e. The lowest BCUT2D eigenvalue weighted by Crippen LogP contribution is -2.25. The van der Waals surface area contributed by atoms with Gasteiger partial charge in [0.1, 0.15) is 0 Å². The van der Waals surface area contributed by atoms with E-state index in [1.54, 1.807) is 0 Å². The fourth-order valence-electron chi connectivity index (χ4n) is 2.38. The summed E-state index contributed by atoms with van der Waals surface area (Å²) in [5.41, 5.74) is 2.25. The van der Waals surface area contributed by atoms with Gasteiger partial charge in [-0.25, -0.2) is 0 Å². The third kappa shape index (κ3) is 3.56. The van der Waals surface area contributed by atoms with Crippen molar-refractivity contribution in [2.75, 3.05) is 13.2 Å². The predicted molar refractivity (Wildman–Crippen MR) is 75.6 cm³/mol. The van der Waals surface area contributed by atoms with E-state index in [1.165, 1.54) is 25.0 Å². The van der Waals surface area contributed by atoms with Crippen molar-refractivity contribution in [3.8, 4) is 0 Å². The van der Waals surface area contributed by atoms with Gasteiger partial charge in [0.05, 0.1) is 22.0 Å². The first-order valence-corrected chi connectivity index (χ1v) is 7.48. The second-order valence-electron chi connectivity index (χ2n) is 4.92. The van der Waals surface area contributed by atoms with Gasteiger partial charge in [-0.15, -0.1) is 0 Å². The average molecular weight is 316 g/mol. The Balaban J connectivity index is 1.71. The van der Waals surface area contributed by atoms with E-state index in [-0.39, 0.29) is 0 Å². The monoisotopic (exact) mass is 315 g/mol. The van der Waals surface area contributed by atoms with Crippen LogP contribution in [0.25, 0.3) is 0 Å². The standard InChI is InChI=1S/C13H22BrN3O/c1-10-13(14)12(17(2)16-10)9-15-7-6-11-5-3-4-8-18-11/h11,15H,3-9H2,1-2H3. The Labute approximate surface area is 117 Å². The molecule has 1 aromatic heterocycles. The summed E-state index contributed by atoms with van der Waals surface area (Å²) in [5, 5.41) is 7.86. The van der Waals surface area contributed by atoms with Crippen LogP contribution in [0.5, 0.6) is 0 Å². The predicted octanol–water partition coefficient (Wildman–Crippen LogP) is 2.54. The summed E-state index contributed by atoms with van der Waals surface area (Å²) in [6.45, 7) is 4.81. The van der Waals surface area contributed by atoms with E-state index in [1.807, 2.05) is 18.7 Å². The summed E-state index contributed by atoms with van der Waals surface area (Å²) in [4.78, 5) is 0. The molecule has 1 atom stereocenters. The minimum Gasteiger partial charge on any atom is -0.378 e. The molecule has 0 aromatic carbocycles. The molecule has 0 spiro atoms. The summed E-state index contributed by atoms with van der Waals surface area (Å²) < 4.78 is 8.77. The SMILES string of the molecule is Cc1nn(C)c(CNCCC2CCCCO2)c1Br. The molecular weight excluding hydrogens is 294 g/mol. The third-order valence-corrected chi connectivity index (χ3v) is 4.50. The maximum atomic E-state index is 5.71.